The smallest absolute Gasteiger partial charge is 0.387 e. The highest BCUT2D eigenvalue weighted by Gasteiger charge is 2.30. The van der Waals surface area contributed by atoms with Crippen molar-refractivity contribution in [3.8, 4) is 5.75 Å². The summed E-state index contributed by atoms with van der Waals surface area (Å²) in [6, 6.07) is 6.04. The number of carboxylic acids is 1. The summed E-state index contributed by atoms with van der Waals surface area (Å²) < 4.78 is 34.9. The summed E-state index contributed by atoms with van der Waals surface area (Å²) in [7, 11) is 0. The lowest BCUT2D eigenvalue weighted by atomic mass is 9.86. The molecule has 154 valence electrons. The number of carboxylic acid groups (broad SMARTS) is 1. The third-order valence-corrected chi connectivity index (χ3v) is 5.21. The molecule has 1 atom stereocenters. The van der Waals surface area contributed by atoms with Crippen LogP contribution in [0.3, 0.4) is 0 Å². The van der Waals surface area contributed by atoms with Gasteiger partial charge in [0.2, 0.25) is 0 Å². The maximum atomic E-state index is 12.6. The Morgan fingerprint density at radius 1 is 1.25 bits per heavy atom. The predicted molar refractivity (Wildman–Crippen MR) is 95.3 cm³/mol. The number of aliphatic carboxylic acids is 1. The van der Waals surface area contributed by atoms with Gasteiger partial charge in [-0.2, -0.15) is 8.78 Å². The van der Waals surface area contributed by atoms with Crippen LogP contribution in [-0.4, -0.2) is 54.4 Å². The van der Waals surface area contributed by atoms with Crippen LogP contribution in [0.5, 0.6) is 5.75 Å². The number of halogens is 2. The van der Waals surface area contributed by atoms with Crippen LogP contribution in [-0.2, 0) is 9.53 Å². The van der Waals surface area contributed by atoms with Gasteiger partial charge >= 0.3 is 18.6 Å². The number of morpholine rings is 1. The quantitative estimate of drug-likeness (QED) is 0.796. The molecule has 2 aliphatic rings. The SMILES string of the molecule is O=C(O)C1CCC(NC(=O)N2CCOC(c3cccc(OC(F)F)c3)C2)CC1. The molecule has 1 saturated heterocycles. The van der Waals surface area contributed by atoms with E-state index in [2.05, 4.69) is 10.1 Å². The highest BCUT2D eigenvalue weighted by Crippen LogP contribution is 2.27. The third kappa shape index (κ3) is 5.31. The van der Waals surface area contributed by atoms with E-state index < -0.39 is 18.7 Å². The summed E-state index contributed by atoms with van der Waals surface area (Å²) in [4.78, 5) is 25.3. The van der Waals surface area contributed by atoms with E-state index in [-0.39, 0.29) is 23.7 Å². The molecule has 1 unspecified atom stereocenters. The minimum atomic E-state index is -2.90. The number of alkyl halides is 2. The van der Waals surface area contributed by atoms with Gasteiger partial charge in [0.25, 0.3) is 0 Å². The molecule has 2 N–H and O–H groups in total. The lowest BCUT2D eigenvalue weighted by Gasteiger charge is -2.35. The van der Waals surface area contributed by atoms with Crippen LogP contribution < -0.4 is 10.1 Å². The number of benzene rings is 1. The van der Waals surface area contributed by atoms with Crippen LogP contribution in [0.25, 0.3) is 0 Å². The van der Waals surface area contributed by atoms with Crippen LogP contribution in [0.1, 0.15) is 37.4 Å². The summed E-state index contributed by atoms with van der Waals surface area (Å²) in [5, 5.41) is 12.0. The van der Waals surface area contributed by atoms with Gasteiger partial charge in [0.15, 0.2) is 0 Å². The molecule has 2 fully saturated rings. The number of nitrogens with zero attached hydrogens (tertiary/aromatic N) is 1. The molecule has 0 radical (unpaired) electrons. The second-order valence-electron chi connectivity index (χ2n) is 7.09. The average molecular weight is 398 g/mol. The van der Waals surface area contributed by atoms with Gasteiger partial charge in [0.05, 0.1) is 19.1 Å². The topological polar surface area (TPSA) is 88.1 Å². The first kappa shape index (κ1) is 20.3. The first-order chi connectivity index (χ1) is 13.4. The Kier molecular flexibility index (Phi) is 6.66. The molecule has 1 aromatic rings. The zero-order valence-electron chi connectivity index (χ0n) is 15.4. The third-order valence-electron chi connectivity index (χ3n) is 5.21. The fourth-order valence-electron chi connectivity index (χ4n) is 3.68. The van der Waals surface area contributed by atoms with E-state index in [0.717, 1.165) is 0 Å². The lowest BCUT2D eigenvalue weighted by molar-refractivity contribution is -0.142. The van der Waals surface area contributed by atoms with Crippen molar-refractivity contribution in [3.63, 3.8) is 0 Å². The van der Waals surface area contributed by atoms with Gasteiger partial charge in [-0.3, -0.25) is 4.79 Å². The number of rotatable bonds is 5. The second-order valence-corrected chi connectivity index (χ2v) is 7.09. The summed E-state index contributed by atoms with van der Waals surface area (Å²) in [6.45, 7) is -1.83. The normalized spacial score (nSPS) is 25.4. The first-order valence-electron chi connectivity index (χ1n) is 9.37. The van der Waals surface area contributed by atoms with Crippen LogP contribution in [0, 0.1) is 5.92 Å². The molecule has 28 heavy (non-hydrogen) atoms. The van der Waals surface area contributed by atoms with Crippen molar-refractivity contribution in [1.29, 1.82) is 0 Å². The molecule has 7 nitrogen and oxygen atoms in total. The van der Waals surface area contributed by atoms with Gasteiger partial charge in [-0.25, -0.2) is 4.79 Å². The Bertz CT molecular complexity index is 695. The molecule has 2 amide bonds. The van der Waals surface area contributed by atoms with Crippen molar-refractivity contribution in [2.24, 2.45) is 5.92 Å². The summed E-state index contributed by atoms with van der Waals surface area (Å²) in [5.74, 6) is -1.06. The van der Waals surface area contributed by atoms with Crippen LogP contribution in [0.4, 0.5) is 13.6 Å². The average Bonchev–Trinajstić information content (AvgIpc) is 2.68. The Balaban J connectivity index is 1.54. The van der Waals surface area contributed by atoms with Crippen molar-refractivity contribution < 1.29 is 33.0 Å². The zero-order chi connectivity index (χ0) is 20.1. The number of hydrogen-bond acceptors (Lipinski definition) is 4. The lowest BCUT2D eigenvalue weighted by Crippen LogP contribution is -2.50. The highest BCUT2D eigenvalue weighted by molar-refractivity contribution is 5.75. The summed E-state index contributed by atoms with van der Waals surface area (Å²) >= 11 is 0. The Morgan fingerprint density at radius 2 is 2.00 bits per heavy atom. The monoisotopic (exact) mass is 398 g/mol. The van der Waals surface area contributed by atoms with Crippen LogP contribution >= 0.6 is 0 Å². The van der Waals surface area contributed by atoms with Gasteiger partial charge in [0, 0.05) is 12.6 Å². The molecule has 1 aliphatic heterocycles. The molecular weight excluding hydrogens is 374 g/mol. The van der Waals surface area contributed by atoms with Crippen LogP contribution in [0.2, 0.25) is 0 Å². The number of hydrogen-bond donors (Lipinski definition) is 2. The van der Waals surface area contributed by atoms with Gasteiger partial charge in [-0.05, 0) is 43.4 Å². The van der Waals surface area contributed by atoms with E-state index in [4.69, 9.17) is 9.84 Å². The van der Waals surface area contributed by atoms with Gasteiger partial charge in [0.1, 0.15) is 11.9 Å². The number of ether oxygens (including phenoxy) is 2. The number of nitrogens with one attached hydrogen (secondary N) is 1. The van der Waals surface area contributed by atoms with Crippen molar-refractivity contribution in [3.05, 3.63) is 29.8 Å². The Labute approximate surface area is 161 Å². The molecule has 1 aliphatic carbocycles. The van der Waals surface area contributed by atoms with Gasteiger partial charge in [-0.15, -0.1) is 0 Å². The van der Waals surface area contributed by atoms with Crippen molar-refractivity contribution in [2.45, 2.75) is 44.4 Å². The van der Waals surface area contributed by atoms with E-state index in [1.54, 1.807) is 17.0 Å². The maximum absolute atomic E-state index is 12.6. The fraction of sp³-hybridized carbons (Fsp3) is 0.579. The predicted octanol–water partition coefficient (Wildman–Crippen LogP) is 3.01. The van der Waals surface area contributed by atoms with Crippen LogP contribution in [0.15, 0.2) is 24.3 Å². The molecule has 0 aromatic heterocycles. The van der Waals surface area contributed by atoms with Gasteiger partial charge in [-0.1, -0.05) is 12.1 Å². The van der Waals surface area contributed by atoms with E-state index in [1.807, 2.05) is 0 Å². The number of carbonyl (C=O) groups excluding carboxylic acids is 1. The molecule has 0 spiro atoms. The minimum absolute atomic E-state index is 0.0350. The van der Waals surface area contributed by atoms with E-state index in [9.17, 15) is 18.4 Å². The number of urea groups is 1. The molecule has 1 saturated carbocycles. The first-order valence-corrected chi connectivity index (χ1v) is 9.37. The molecule has 0 bridgehead atoms. The molecule has 1 aromatic carbocycles. The van der Waals surface area contributed by atoms with Crippen molar-refractivity contribution >= 4 is 12.0 Å². The largest absolute Gasteiger partial charge is 0.481 e. The van der Waals surface area contributed by atoms with Gasteiger partial charge < -0.3 is 24.8 Å². The molecule has 9 heteroatoms. The zero-order valence-corrected chi connectivity index (χ0v) is 15.4. The summed E-state index contributed by atoms with van der Waals surface area (Å²) in [6.07, 6.45) is 1.97. The number of amides is 2. The minimum Gasteiger partial charge on any atom is -0.481 e. The second kappa shape index (κ2) is 9.18. The Morgan fingerprint density at radius 3 is 2.68 bits per heavy atom. The standard InChI is InChI=1S/C19H24F2N2O5/c20-18(21)28-15-3-1-2-13(10-15)16-11-23(8-9-27-16)19(26)22-14-6-4-12(5-7-14)17(24)25/h1-3,10,12,14,16,18H,4-9,11H2,(H,22,26)(H,24,25). The number of carbonyl (C=O) groups is 2. The summed E-state index contributed by atoms with van der Waals surface area (Å²) in [5.41, 5.74) is 0.664. The van der Waals surface area contributed by atoms with E-state index in [0.29, 0.717) is 50.9 Å². The maximum Gasteiger partial charge on any atom is 0.387 e. The molecular formula is C19H24F2N2O5. The van der Waals surface area contributed by atoms with Crippen molar-refractivity contribution in [1.82, 2.24) is 10.2 Å². The molecule has 1 heterocycles. The van der Waals surface area contributed by atoms with E-state index in [1.165, 1.54) is 12.1 Å². The van der Waals surface area contributed by atoms with Crippen molar-refractivity contribution in [2.75, 3.05) is 19.7 Å². The highest BCUT2D eigenvalue weighted by atomic mass is 19.3. The molecule has 3 rings (SSSR count). The fourth-order valence-corrected chi connectivity index (χ4v) is 3.68. The Hall–Kier alpha value is -2.42. The van der Waals surface area contributed by atoms with E-state index >= 15 is 0 Å².